The van der Waals surface area contributed by atoms with Crippen LogP contribution < -0.4 is 5.32 Å². The molecule has 1 N–H and O–H groups in total. The second-order valence-electron chi connectivity index (χ2n) is 9.78. The first kappa shape index (κ1) is 30.8. The van der Waals surface area contributed by atoms with E-state index in [0.717, 1.165) is 13.1 Å². The topological polar surface area (TPSA) is 105 Å². The number of nitrogens with one attached hydrogen (secondary N) is 1. The zero-order valence-corrected chi connectivity index (χ0v) is 25.2. The average Bonchev–Trinajstić information content (AvgIpc) is 3.28. The van der Waals surface area contributed by atoms with E-state index in [1.165, 1.54) is 11.8 Å². The number of halogens is 3. The van der Waals surface area contributed by atoms with E-state index in [2.05, 4.69) is 15.4 Å². The van der Waals surface area contributed by atoms with Gasteiger partial charge in [0.25, 0.3) is 0 Å². The molecule has 2 aliphatic heterocycles. The molecular formula is C25H33Cl3N4O5S. The van der Waals surface area contributed by atoms with E-state index in [1.807, 2.05) is 27.7 Å². The van der Waals surface area contributed by atoms with Crippen molar-refractivity contribution in [1.82, 2.24) is 15.0 Å². The van der Waals surface area contributed by atoms with E-state index in [1.54, 1.807) is 24.0 Å². The number of thioether (sulfide) groups is 1. The number of carbonyl (C=O) groups is 3. The number of β-lactam (4-membered cyclic amide) rings is 1. The number of ether oxygens (including phenoxy) is 1. The number of nitrogens with zero attached hydrogens (tertiary/aromatic N) is 3. The summed E-state index contributed by atoms with van der Waals surface area (Å²) in [6.07, 6.45) is 4.43. The Morgan fingerprint density at radius 3 is 2.68 bits per heavy atom. The zero-order chi connectivity index (χ0) is 27.2. The van der Waals surface area contributed by atoms with Crippen molar-refractivity contribution in [3.8, 4) is 0 Å². The number of allylic oxidation sites excluding steroid dienone is 3. The average molecular weight is 608 g/mol. The Hall–Kier alpha value is -1.72. The Balaban J connectivity index is 0.00000400. The fourth-order valence-electron chi connectivity index (χ4n) is 5.79. The number of carbonyl (C=O) groups excluding carboxylic acids is 3. The number of hydrogen-bond acceptors (Lipinski definition) is 8. The highest BCUT2D eigenvalue weighted by Crippen LogP contribution is 2.66. The molecule has 0 spiro atoms. The molecule has 3 aliphatic rings. The Labute approximate surface area is 243 Å². The maximum absolute atomic E-state index is 14.3. The molecule has 3 heterocycles. The van der Waals surface area contributed by atoms with Gasteiger partial charge < -0.3 is 24.4 Å². The first-order valence-corrected chi connectivity index (χ1v) is 14.0. The highest BCUT2D eigenvalue weighted by Gasteiger charge is 2.78. The quantitative estimate of drug-likeness (QED) is 0.179. The fraction of sp³-hybridized carbons (Fsp3) is 0.600. The largest absolute Gasteiger partial charge is 0.462 e. The van der Waals surface area contributed by atoms with Gasteiger partial charge in [0.15, 0.2) is 11.3 Å². The molecule has 1 aromatic heterocycles. The number of amides is 2. The van der Waals surface area contributed by atoms with Crippen LogP contribution in [0.15, 0.2) is 21.7 Å². The van der Waals surface area contributed by atoms with Crippen molar-refractivity contribution in [2.75, 3.05) is 31.6 Å². The van der Waals surface area contributed by atoms with Gasteiger partial charge in [0, 0.05) is 21.9 Å². The summed E-state index contributed by atoms with van der Waals surface area (Å²) in [5.41, 5.74) is -0.819. The number of aromatic nitrogens is 1. The molecule has 4 rings (SSSR count). The Bertz CT molecular complexity index is 1170. The minimum Gasteiger partial charge on any atom is -0.462 e. The lowest BCUT2D eigenvalue weighted by atomic mass is 9.65. The summed E-state index contributed by atoms with van der Waals surface area (Å²) in [5.74, 6) is -0.428. The van der Waals surface area contributed by atoms with Gasteiger partial charge in [-0.05, 0) is 46.4 Å². The first-order valence-electron chi connectivity index (χ1n) is 12.3. The molecule has 0 radical (unpaired) electrons. The van der Waals surface area contributed by atoms with Crippen molar-refractivity contribution in [2.24, 2.45) is 0 Å². The maximum atomic E-state index is 14.3. The number of aryl methyl sites for hydroxylation is 1. The lowest BCUT2D eigenvalue weighted by Crippen LogP contribution is -2.76. The lowest BCUT2D eigenvalue weighted by Gasteiger charge is -2.56. The molecule has 0 aromatic carbocycles. The molecule has 210 valence electrons. The predicted octanol–water partition coefficient (Wildman–Crippen LogP) is 4.57. The minimum atomic E-state index is -1.62. The summed E-state index contributed by atoms with van der Waals surface area (Å²) in [6.45, 7) is 11.9. The standard InChI is InChI=1S/C25H32Cl2N4O5S.ClH/c1-6-30(7-2)11-12-35-22(34)25(23(4,5)37-18-13-17(33)31(18)25)24(27)10-8-9-16(26)19(24)21-20(28-14-32)15(3)36-29-21;/h8-9,14,18H,6-7,10-13H2,1-5H3,(H,28,32);1H/t18-,24?,25?;/m1./s1. The van der Waals surface area contributed by atoms with Crippen LogP contribution in [-0.4, -0.2) is 80.0 Å². The summed E-state index contributed by atoms with van der Waals surface area (Å²) in [5, 5.41) is 6.79. The third kappa shape index (κ3) is 4.46. The Morgan fingerprint density at radius 2 is 2.08 bits per heavy atom. The molecule has 2 unspecified atom stereocenters. The normalized spacial score (nSPS) is 27.6. The van der Waals surface area contributed by atoms with Gasteiger partial charge in [-0.3, -0.25) is 9.59 Å². The van der Waals surface area contributed by atoms with Crippen molar-refractivity contribution >= 4 is 76.9 Å². The fourth-order valence-corrected chi connectivity index (χ4v) is 8.73. The van der Waals surface area contributed by atoms with E-state index in [-0.39, 0.29) is 47.4 Å². The molecule has 2 fully saturated rings. The second kappa shape index (κ2) is 11.4. The van der Waals surface area contributed by atoms with Gasteiger partial charge in [0.05, 0.1) is 11.8 Å². The highest BCUT2D eigenvalue weighted by molar-refractivity contribution is 8.01. The van der Waals surface area contributed by atoms with Crippen molar-refractivity contribution < 1.29 is 23.6 Å². The van der Waals surface area contributed by atoms with Crippen molar-refractivity contribution in [1.29, 1.82) is 0 Å². The van der Waals surface area contributed by atoms with Crippen LogP contribution in [-0.2, 0) is 19.1 Å². The summed E-state index contributed by atoms with van der Waals surface area (Å²) in [7, 11) is 0. The van der Waals surface area contributed by atoms with Gasteiger partial charge in [-0.1, -0.05) is 36.7 Å². The maximum Gasteiger partial charge on any atom is 0.335 e. The second-order valence-corrected chi connectivity index (χ2v) is 12.6. The van der Waals surface area contributed by atoms with Crippen LogP contribution >= 0.6 is 47.4 Å². The van der Waals surface area contributed by atoms with E-state index in [0.29, 0.717) is 36.4 Å². The highest BCUT2D eigenvalue weighted by atomic mass is 35.5. The molecule has 1 aliphatic carbocycles. The van der Waals surface area contributed by atoms with Crippen molar-refractivity contribution in [3.05, 3.63) is 28.6 Å². The summed E-state index contributed by atoms with van der Waals surface area (Å²) < 4.78 is 10.5. The SMILES string of the molecule is CCN(CC)CCOC(=O)C1(C2(Cl)CC=CC(Cl)=C2c2noc(C)c2NC=O)N2C(=O)C[C@H]2SC1(C)C.Cl. The number of rotatable bonds is 10. The first-order chi connectivity index (χ1) is 17.5. The molecule has 38 heavy (non-hydrogen) atoms. The third-order valence-corrected chi connectivity index (χ3v) is 10.0. The molecule has 9 nitrogen and oxygen atoms in total. The lowest BCUT2D eigenvalue weighted by molar-refractivity contribution is -0.175. The number of alkyl halides is 1. The molecular weight excluding hydrogens is 575 g/mol. The Kier molecular flexibility index (Phi) is 9.25. The van der Waals surface area contributed by atoms with Crippen molar-refractivity contribution in [2.45, 2.75) is 68.0 Å². The molecule has 3 atom stereocenters. The molecule has 13 heteroatoms. The van der Waals surface area contributed by atoms with Crippen LogP contribution in [0.4, 0.5) is 5.69 Å². The number of hydrogen-bond donors (Lipinski definition) is 1. The number of anilines is 1. The molecule has 0 bridgehead atoms. The van der Waals surface area contributed by atoms with Crippen LogP contribution in [0.3, 0.4) is 0 Å². The summed E-state index contributed by atoms with van der Waals surface area (Å²) >= 11 is 15.9. The van der Waals surface area contributed by atoms with Gasteiger partial charge >= 0.3 is 5.97 Å². The monoisotopic (exact) mass is 606 g/mol. The number of esters is 1. The van der Waals surface area contributed by atoms with Crippen LogP contribution in [0.5, 0.6) is 0 Å². The van der Waals surface area contributed by atoms with Gasteiger partial charge in [0.1, 0.15) is 22.9 Å². The smallest absolute Gasteiger partial charge is 0.335 e. The van der Waals surface area contributed by atoms with E-state index < -0.39 is 21.1 Å². The zero-order valence-electron chi connectivity index (χ0n) is 22.0. The molecule has 2 saturated heterocycles. The number of fused-ring (bicyclic) bond motifs is 1. The molecule has 2 amide bonds. The summed E-state index contributed by atoms with van der Waals surface area (Å²) in [6, 6.07) is 0. The van der Waals surface area contributed by atoms with Gasteiger partial charge in [0.2, 0.25) is 12.3 Å². The predicted molar refractivity (Wildman–Crippen MR) is 152 cm³/mol. The van der Waals surface area contributed by atoms with Crippen LogP contribution in [0.25, 0.3) is 5.57 Å². The van der Waals surface area contributed by atoms with Gasteiger partial charge in [-0.25, -0.2) is 4.79 Å². The van der Waals surface area contributed by atoms with Gasteiger partial charge in [-0.15, -0.1) is 35.8 Å². The van der Waals surface area contributed by atoms with E-state index >= 15 is 0 Å². The summed E-state index contributed by atoms with van der Waals surface area (Å²) in [4.78, 5) is 41.0. The van der Waals surface area contributed by atoms with Crippen LogP contribution in [0, 0.1) is 6.92 Å². The third-order valence-electron chi connectivity index (χ3n) is 7.57. The Morgan fingerprint density at radius 1 is 1.39 bits per heavy atom. The van der Waals surface area contributed by atoms with Crippen LogP contribution in [0.2, 0.25) is 0 Å². The molecule has 0 saturated carbocycles. The van der Waals surface area contributed by atoms with Crippen molar-refractivity contribution in [3.63, 3.8) is 0 Å². The van der Waals surface area contributed by atoms with E-state index in [4.69, 9.17) is 32.5 Å². The van der Waals surface area contributed by atoms with Crippen LogP contribution in [0.1, 0.15) is 52.0 Å². The molecule has 1 aromatic rings. The van der Waals surface area contributed by atoms with E-state index in [9.17, 15) is 14.4 Å². The minimum absolute atomic E-state index is 0. The number of likely N-dealkylation sites (N-methyl/N-ethyl adjacent to an activating group) is 1. The van der Waals surface area contributed by atoms with Gasteiger partial charge in [-0.2, -0.15) is 0 Å².